The highest BCUT2D eigenvalue weighted by molar-refractivity contribution is 8.18. The number of hydrogen-bond donors (Lipinski definition) is 0. The summed E-state index contributed by atoms with van der Waals surface area (Å²) in [6, 6.07) is 17.2. The Morgan fingerprint density at radius 2 is 1.81 bits per heavy atom. The summed E-state index contributed by atoms with van der Waals surface area (Å²) >= 11 is 1.25. The van der Waals surface area contributed by atoms with Crippen LogP contribution in [0.15, 0.2) is 76.6 Å². The number of amides is 1. The van der Waals surface area contributed by atoms with E-state index >= 15 is 0 Å². The van der Waals surface area contributed by atoms with Gasteiger partial charge >= 0.3 is 0 Å². The number of benzene rings is 3. The second-order valence-electron chi connectivity index (χ2n) is 7.65. The summed E-state index contributed by atoms with van der Waals surface area (Å²) in [5.41, 5.74) is 2.09. The fourth-order valence-electron chi connectivity index (χ4n) is 3.42. The summed E-state index contributed by atoms with van der Waals surface area (Å²) in [7, 11) is 1.52. The smallest absolute Gasteiger partial charge is 0.269 e. The van der Waals surface area contributed by atoms with Crippen LogP contribution in [0.25, 0.3) is 6.08 Å². The molecule has 0 N–H and O–H groups in total. The number of carbonyl (C=O) groups is 1. The van der Waals surface area contributed by atoms with E-state index in [2.05, 4.69) is 4.99 Å². The minimum Gasteiger partial charge on any atom is -0.493 e. The lowest BCUT2D eigenvalue weighted by Crippen LogP contribution is -2.28. The number of methoxy groups -OCH3 is 1. The second-order valence-corrected chi connectivity index (χ2v) is 8.66. The van der Waals surface area contributed by atoms with E-state index in [1.807, 2.05) is 6.92 Å². The van der Waals surface area contributed by atoms with Gasteiger partial charge in [0, 0.05) is 18.7 Å². The Hall–Kier alpha value is -4.18. The summed E-state index contributed by atoms with van der Waals surface area (Å²) in [6.07, 6.45) is 1.76. The van der Waals surface area contributed by atoms with Crippen molar-refractivity contribution in [1.29, 1.82) is 0 Å². The van der Waals surface area contributed by atoms with Crippen LogP contribution in [-0.2, 0) is 11.4 Å². The van der Waals surface area contributed by atoms with Crippen molar-refractivity contribution in [2.24, 2.45) is 4.99 Å². The van der Waals surface area contributed by atoms with Crippen LogP contribution in [0.3, 0.4) is 0 Å². The monoisotopic (exact) mass is 507 g/mol. The molecule has 10 heteroatoms. The van der Waals surface area contributed by atoms with E-state index in [1.165, 1.54) is 43.1 Å². The average molecular weight is 508 g/mol. The molecule has 0 spiro atoms. The number of thioether (sulfide) groups is 1. The summed E-state index contributed by atoms with van der Waals surface area (Å²) in [5, 5.41) is 11.3. The SMILES string of the molecule is CCN1C(=O)/C(=C\c2ccc(OCc3ccc([N+](=O)[O-])cc3)c(OC)c2)SC1=Nc1ccc(F)cc1. The van der Waals surface area contributed by atoms with Gasteiger partial charge < -0.3 is 9.47 Å². The van der Waals surface area contributed by atoms with Crippen molar-refractivity contribution in [1.82, 2.24) is 4.90 Å². The van der Waals surface area contributed by atoms with Crippen LogP contribution in [0, 0.1) is 15.9 Å². The summed E-state index contributed by atoms with van der Waals surface area (Å²) in [6.45, 7) is 2.52. The van der Waals surface area contributed by atoms with Crippen LogP contribution in [0.4, 0.5) is 15.8 Å². The van der Waals surface area contributed by atoms with E-state index in [1.54, 1.807) is 53.4 Å². The van der Waals surface area contributed by atoms with Gasteiger partial charge in [-0.3, -0.25) is 19.8 Å². The third-order valence-electron chi connectivity index (χ3n) is 5.28. The summed E-state index contributed by atoms with van der Waals surface area (Å²) < 4.78 is 24.5. The summed E-state index contributed by atoms with van der Waals surface area (Å²) in [5.74, 6) is 0.461. The minimum absolute atomic E-state index is 0.0144. The first-order valence-electron chi connectivity index (χ1n) is 11.0. The van der Waals surface area contributed by atoms with Crippen molar-refractivity contribution < 1.29 is 23.6 Å². The predicted molar refractivity (Wildman–Crippen MR) is 137 cm³/mol. The van der Waals surface area contributed by atoms with E-state index in [0.29, 0.717) is 33.8 Å². The van der Waals surface area contributed by atoms with Gasteiger partial charge in [0.15, 0.2) is 16.7 Å². The van der Waals surface area contributed by atoms with Gasteiger partial charge in [-0.25, -0.2) is 9.38 Å². The van der Waals surface area contributed by atoms with Gasteiger partial charge in [0.2, 0.25) is 0 Å². The molecular weight excluding hydrogens is 485 g/mol. The van der Waals surface area contributed by atoms with Gasteiger partial charge in [-0.15, -0.1) is 0 Å². The minimum atomic E-state index is -0.453. The van der Waals surface area contributed by atoms with Crippen molar-refractivity contribution in [3.05, 3.63) is 98.7 Å². The lowest BCUT2D eigenvalue weighted by Gasteiger charge is -2.12. The first-order valence-corrected chi connectivity index (χ1v) is 11.8. The number of nitrogens with zero attached hydrogens (tertiary/aromatic N) is 3. The Bertz CT molecular complexity index is 1340. The Morgan fingerprint density at radius 3 is 2.44 bits per heavy atom. The number of ether oxygens (including phenoxy) is 2. The number of likely N-dealkylation sites (N-methyl/N-ethyl adjacent to an activating group) is 1. The normalized spacial score (nSPS) is 15.5. The molecule has 1 aliphatic rings. The lowest BCUT2D eigenvalue weighted by molar-refractivity contribution is -0.384. The molecule has 3 aromatic carbocycles. The van der Waals surface area contributed by atoms with Crippen LogP contribution in [0.1, 0.15) is 18.1 Å². The number of hydrogen-bond acceptors (Lipinski definition) is 7. The number of halogens is 1. The first-order chi connectivity index (χ1) is 17.4. The van der Waals surface area contributed by atoms with Crippen LogP contribution in [0.2, 0.25) is 0 Å². The van der Waals surface area contributed by atoms with Crippen LogP contribution in [0.5, 0.6) is 11.5 Å². The topological polar surface area (TPSA) is 94.3 Å². The number of amidine groups is 1. The molecule has 0 bridgehead atoms. The molecule has 36 heavy (non-hydrogen) atoms. The highest BCUT2D eigenvalue weighted by atomic mass is 32.2. The number of nitro benzene ring substituents is 1. The molecule has 0 aromatic heterocycles. The average Bonchev–Trinajstić information content (AvgIpc) is 3.17. The molecular formula is C26H22FN3O5S. The van der Waals surface area contributed by atoms with Gasteiger partial charge in [-0.2, -0.15) is 0 Å². The maximum absolute atomic E-state index is 13.2. The van der Waals surface area contributed by atoms with Gasteiger partial charge in [-0.05, 0) is 84.4 Å². The molecule has 184 valence electrons. The number of aliphatic imine (C=N–C) groups is 1. The Morgan fingerprint density at radius 1 is 1.08 bits per heavy atom. The number of non-ortho nitro benzene ring substituents is 1. The molecule has 0 radical (unpaired) electrons. The third kappa shape index (κ3) is 5.72. The largest absolute Gasteiger partial charge is 0.493 e. The highest BCUT2D eigenvalue weighted by Crippen LogP contribution is 2.36. The predicted octanol–water partition coefficient (Wildman–Crippen LogP) is 5.95. The zero-order valence-corrected chi connectivity index (χ0v) is 20.3. The van der Waals surface area contributed by atoms with E-state index < -0.39 is 4.92 Å². The zero-order chi connectivity index (χ0) is 25.7. The van der Waals surface area contributed by atoms with Crippen LogP contribution >= 0.6 is 11.8 Å². The zero-order valence-electron chi connectivity index (χ0n) is 19.5. The number of carbonyl (C=O) groups excluding carboxylic acids is 1. The van der Waals surface area contributed by atoms with Crippen LogP contribution < -0.4 is 9.47 Å². The third-order valence-corrected chi connectivity index (χ3v) is 6.29. The van der Waals surface area contributed by atoms with E-state index in [-0.39, 0.29) is 24.0 Å². The summed E-state index contributed by atoms with van der Waals surface area (Å²) in [4.78, 5) is 29.9. The molecule has 0 saturated carbocycles. The molecule has 0 aliphatic carbocycles. The molecule has 8 nitrogen and oxygen atoms in total. The van der Waals surface area contributed by atoms with Gasteiger partial charge in [0.1, 0.15) is 12.4 Å². The number of rotatable bonds is 8. The maximum Gasteiger partial charge on any atom is 0.269 e. The highest BCUT2D eigenvalue weighted by Gasteiger charge is 2.32. The molecule has 0 atom stereocenters. The fraction of sp³-hybridized carbons (Fsp3) is 0.154. The standard InChI is InChI=1S/C26H22FN3O5S/c1-3-29-25(31)24(36-26(29)28-20-9-7-19(27)8-10-20)15-18-6-13-22(23(14-18)34-2)35-16-17-4-11-21(12-5-17)30(32)33/h4-15H,3,16H2,1-2H3/b24-15+,28-26?. The maximum atomic E-state index is 13.2. The quantitative estimate of drug-likeness (QED) is 0.213. The molecule has 0 unspecified atom stereocenters. The van der Waals surface area contributed by atoms with Crippen molar-refractivity contribution in [3.8, 4) is 11.5 Å². The fourth-order valence-corrected chi connectivity index (χ4v) is 4.48. The van der Waals surface area contributed by atoms with E-state index in [0.717, 1.165) is 11.1 Å². The van der Waals surface area contributed by atoms with Gasteiger partial charge in [0.25, 0.3) is 11.6 Å². The second kappa shape index (κ2) is 11.0. The molecule has 1 aliphatic heterocycles. The lowest BCUT2D eigenvalue weighted by atomic mass is 10.1. The van der Waals surface area contributed by atoms with E-state index in [9.17, 15) is 19.3 Å². The Balaban J connectivity index is 1.51. The molecule has 1 amide bonds. The van der Waals surface area contributed by atoms with E-state index in [4.69, 9.17) is 9.47 Å². The molecule has 4 rings (SSSR count). The van der Waals surface area contributed by atoms with Crippen molar-refractivity contribution in [2.45, 2.75) is 13.5 Å². The molecule has 1 heterocycles. The Labute approximate surface area is 211 Å². The first kappa shape index (κ1) is 24.9. The van der Waals surface area contributed by atoms with Gasteiger partial charge in [0.05, 0.1) is 22.6 Å². The Kier molecular flexibility index (Phi) is 7.65. The number of nitro groups is 1. The molecule has 1 fully saturated rings. The van der Waals surface area contributed by atoms with Crippen molar-refractivity contribution >= 4 is 40.3 Å². The van der Waals surface area contributed by atoms with Crippen LogP contribution in [-0.4, -0.2) is 34.6 Å². The van der Waals surface area contributed by atoms with Gasteiger partial charge in [-0.1, -0.05) is 6.07 Å². The molecule has 1 saturated heterocycles. The molecule has 3 aromatic rings. The van der Waals surface area contributed by atoms with Crippen molar-refractivity contribution in [3.63, 3.8) is 0 Å². The van der Waals surface area contributed by atoms with Crippen molar-refractivity contribution in [2.75, 3.05) is 13.7 Å².